The molecule has 2 bridgehead atoms. The van der Waals surface area contributed by atoms with E-state index in [1.165, 1.54) is 0 Å². The Morgan fingerprint density at radius 2 is 1.68 bits per heavy atom. The molecule has 8 atom stereocenters. The summed E-state index contributed by atoms with van der Waals surface area (Å²) in [5, 5.41) is 22.2. The van der Waals surface area contributed by atoms with E-state index in [0.717, 1.165) is 51.4 Å². The lowest BCUT2D eigenvalue weighted by Crippen LogP contribution is -2.51. The summed E-state index contributed by atoms with van der Waals surface area (Å²) < 4.78 is 6.15. The van der Waals surface area contributed by atoms with Crippen molar-refractivity contribution in [2.24, 2.45) is 22.7 Å². The Balaban J connectivity index is 1.59. The first-order chi connectivity index (χ1) is 11.5. The van der Waals surface area contributed by atoms with E-state index < -0.39 is 11.9 Å². The molecule has 4 rings (SSSR count). The molecule has 1 saturated heterocycles. The van der Waals surface area contributed by atoms with Crippen LogP contribution in [0.4, 0.5) is 0 Å². The molecule has 25 heavy (non-hydrogen) atoms. The Labute approximate surface area is 168 Å². The summed E-state index contributed by atoms with van der Waals surface area (Å²) in [4.78, 5) is 0.806. The summed E-state index contributed by atoms with van der Waals surface area (Å²) >= 11 is 7.70. The number of hydrogen-bond donors (Lipinski definition) is 2. The molecule has 4 fully saturated rings. The predicted molar refractivity (Wildman–Crippen MR) is 106 cm³/mol. The van der Waals surface area contributed by atoms with E-state index in [4.69, 9.17) is 4.74 Å². The van der Waals surface area contributed by atoms with Crippen molar-refractivity contribution in [2.75, 3.05) is 0 Å². The molecule has 3 aliphatic carbocycles. The summed E-state index contributed by atoms with van der Waals surface area (Å²) in [6, 6.07) is 0. The first-order valence-electron chi connectivity index (χ1n) is 9.89. The molecule has 1 heterocycles. The Kier molecular flexibility index (Phi) is 4.54. The molecule has 0 aromatic rings. The molecule has 0 aromatic carbocycles. The van der Waals surface area contributed by atoms with Gasteiger partial charge in [0.05, 0.1) is 11.2 Å². The van der Waals surface area contributed by atoms with E-state index in [2.05, 4.69) is 52.6 Å². The van der Waals surface area contributed by atoms with E-state index in [0.29, 0.717) is 21.5 Å². The molecule has 1 aliphatic heterocycles. The molecular weight excluding hydrogens is 448 g/mol. The second-order valence-corrected chi connectivity index (χ2v) is 12.5. The van der Waals surface area contributed by atoms with E-state index in [-0.39, 0.29) is 16.4 Å². The van der Waals surface area contributed by atoms with Crippen molar-refractivity contribution < 1.29 is 14.9 Å². The van der Waals surface area contributed by atoms with Crippen LogP contribution in [-0.2, 0) is 4.74 Å². The number of ether oxygens (including phenoxy) is 1. The van der Waals surface area contributed by atoms with Crippen LogP contribution in [0, 0.1) is 22.7 Å². The van der Waals surface area contributed by atoms with Crippen LogP contribution >= 0.6 is 31.9 Å². The maximum absolute atomic E-state index is 11.4. The smallest absolute Gasteiger partial charge is 0.162 e. The molecule has 0 spiro atoms. The van der Waals surface area contributed by atoms with Gasteiger partial charge in [-0.15, -0.1) is 0 Å². The third-order valence-electron chi connectivity index (χ3n) is 8.11. The minimum Gasteiger partial charge on any atom is -0.390 e. The second kappa shape index (κ2) is 5.92. The Bertz CT molecular complexity index is 555. The maximum Gasteiger partial charge on any atom is 0.162 e. The van der Waals surface area contributed by atoms with Gasteiger partial charge in [0.15, 0.2) is 6.29 Å². The fourth-order valence-corrected chi connectivity index (χ4v) is 8.46. The molecule has 5 heteroatoms. The second-order valence-electron chi connectivity index (χ2n) is 10.3. The van der Waals surface area contributed by atoms with E-state index >= 15 is 0 Å². The van der Waals surface area contributed by atoms with Crippen LogP contribution in [0.2, 0.25) is 0 Å². The highest BCUT2D eigenvalue weighted by Crippen LogP contribution is 2.69. The largest absolute Gasteiger partial charge is 0.390 e. The van der Waals surface area contributed by atoms with E-state index in [9.17, 15) is 10.2 Å². The Hall–Kier alpha value is 0.840. The molecule has 3 nitrogen and oxygen atoms in total. The zero-order valence-electron chi connectivity index (χ0n) is 15.6. The number of aliphatic hydroxyl groups excluding tert-OH is 1. The fraction of sp³-hybridized carbons (Fsp3) is 1.00. The highest BCUT2D eigenvalue weighted by molar-refractivity contribution is 9.09. The van der Waals surface area contributed by atoms with Gasteiger partial charge in [0.25, 0.3) is 0 Å². The van der Waals surface area contributed by atoms with Crippen molar-refractivity contribution in [3.05, 3.63) is 0 Å². The van der Waals surface area contributed by atoms with Gasteiger partial charge in [-0.1, -0.05) is 45.7 Å². The third-order valence-corrected chi connectivity index (χ3v) is 11.1. The molecule has 0 aromatic heterocycles. The van der Waals surface area contributed by atoms with Crippen LogP contribution in [0.3, 0.4) is 0 Å². The SMILES string of the molecule is CC1(C)C[C@@](O)(C[C@@H]2CC[C@@]34[C@@H](Br)CC[C@@](C)(O[C@@H]3O)[C@@H]24)CC[C@@H]1Br. The first-order valence-corrected chi connectivity index (χ1v) is 11.7. The molecule has 0 radical (unpaired) electrons. The highest BCUT2D eigenvalue weighted by atomic mass is 79.9. The molecule has 4 aliphatic rings. The van der Waals surface area contributed by atoms with Gasteiger partial charge in [-0.25, -0.2) is 0 Å². The normalized spacial score (nSPS) is 57.5. The van der Waals surface area contributed by atoms with Crippen molar-refractivity contribution in [1.82, 2.24) is 0 Å². The van der Waals surface area contributed by atoms with Crippen LogP contribution in [-0.4, -0.2) is 37.4 Å². The van der Waals surface area contributed by atoms with E-state index in [1.54, 1.807) is 0 Å². The molecule has 144 valence electrons. The first kappa shape index (κ1) is 19.2. The van der Waals surface area contributed by atoms with Crippen LogP contribution in [0.25, 0.3) is 0 Å². The average molecular weight is 480 g/mol. The number of aliphatic hydroxyl groups is 2. The Morgan fingerprint density at radius 1 is 1.00 bits per heavy atom. The summed E-state index contributed by atoms with van der Waals surface area (Å²) in [7, 11) is 0. The predicted octanol–water partition coefficient (Wildman–Crippen LogP) is 4.76. The van der Waals surface area contributed by atoms with Crippen LogP contribution in [0.1, 0.15) is 72.1 Å². The van der Waals surface area contributed by atoms with Gasteiger partial charge in [-0.2, -0.15) is 0 Å². The highest BCUT2D eigenvalue weighted by Gasteiger charge is 2.71. The third kappa shape index (κ3) is 2.73. The zero-order valence-corrected chi connectivity index (χ0v) is 18.8. The molecule has 0 unspecified atom stereocenters. The van der Waals surface area contributed by atoms with Crippen molar-refractivity contribution in [3.63, 3.8) is 0 Å². The van der Waals surface area contributed by atoms with Gasteiger partial charge in [0, 0.05) is 21.0 Å². The van der Waals surface area contributed by atoms with Gasteiger partial charge in [0.1, 0.15) is 0 Å². The van der Waals surface area contributed by atoms with Crippen molar-refractivity contribution >= 4 is 31.9 Å². The van der Waals surface area contributed by atoms with Crippen LogP contribution < -0.4 is 0 Å². The summed E-state index contributed by atoms with van der Waals surface area (Å²) in [6.07, 6.45) is 7.12. The lowest BCUT2D eigenvalue weighted by molar-refractivity contribution is -0.157. The minimum atomic E-state index is -0.663. The fourth-order valence-electron chi connectivity index (χ4n) is 7.10. The molecule has 3 saturated carbocycles. The van der Waals surface area contributed by atoms with Crippen LogP contribution in [0.15, 0.2) is 0 Å². The van der Waals surface area contributed by atoms with Crippen LogP contribution in [0.5, 0.6) is 0 Å². The molecular formula is C20H32Br2O3. The number of halogens is 2. The number of rotatable bonds is 2. The average Bonchev–Trinajstić information content (AvgIpc) is 2.96. The van der Waals surface area contributed by atoms with Crippen molar-refractivity contribution in [2.45, 2.75) is 99.3 Å². The summed E-state index contributed by atoms with van der Waals surface area (Å²) in [6.45, 7) is 6.72. The van der Waals surface area contributed by atoms with Gasteiger partial charge in [0.2, 0.25) is 0 Å². The van der Waals surface area contributed by atoms with Crippen molar-refractivity contribution in [3.8, 4) is 0 Å². The monoisotopic (exact) mass is 478 g/mol. The molecule has 2 N–H and O–H groups in total. The molecule has 0 amide bonds. The quantitative estimate of drug-likeness (QED) is 0.561. The number of hydrogen-bond acceptors (Lipinski definition) is 3. The standard InChI is InChI=1S/C20H32Br2O3/c1-17(2)11-19(24,8-6-13(17)21)10-12-4-9-20-14(22)5-7-18(3,15(12)20)25-16(20)23/h12-16,23-24H,4-11H2,1-3H3/t12-,13-,14-,15+,16-,18+,19-,20-/m0/s1. The van der Waals surface area contributed by atoms with Gasteiger partial charge < -0.3 is 14.9 Å². The maximum atomic E-state index is 11.4. The lowest BCUT2D eigenvalue weighted by Gasteiger charge is -2.49. The summed E-state index contributed by atoms with van der Waals surface area (Å²) in [5.41, 5.74) is -0.851. The topological polar surface area (TPSA) is 49.7 Å². The number of alkyl halides is 2. The van der Waals surface area contributed by atoms with Gasteiger partial charge >= 0.3 is 0 Å². The lowest BCUT2D eigenvalue weighted by atomic mass is 9.59. The van der Waals surface area contributed by atoms with E-state index in [1.807, 2.05) is 0 Å². The zero-order chi connectivity index (χ0) is 18.3. The minimum absolute atomic E-state index is 0.118. The summed E-state index contributed by atoms with van der Waals surface area (Å²) in [5.74, 6) is 0.789. The van der Waals surface area contributed by atoms with Crippen molar-refractivity contribution in [1.29, 1.82) is 0 Å². The van der Waals surface area contributed by atoms with Gasteiger partial charge in [-0.05, 0) is 69.6 Å². The van der Waals surface area contributed by atoms with Gasteiger partial charge in [-0.3, -0.25) is 0 Å². The Morgan fingerprint density at radius 3 is 2.36 bits per heavy atom.